The first-order chi connectivity index (χ1) is 17.5. The predicted molar refractivity (Wildman–Crippen MR) is 135 cm³/mol. The number of halogens is 1. The summed E-state index contributed by atoms with van der Waals surface area (Å²) in [5.74, 6) is 5.92. The summed E-state index contributed by atoms with van der Waals surface area (Å²) in [6, 6.07) is 14.4. The number of ether oxygens (including phenoxy) is 2. The van der Waals surface area contributed by atoms with Gasteiger partial charge in [-0.05, 0) is 30.2 Å². The molecule has 2 aliphatic heterocycles. The van der Waals surface area contributed by atoms with Crippen LogP contribution in [0.2, 0.25) is 5.15 Å². The van der Waals surface area contributed by atoms with E-state index in [-0.39, 0.29) is 24.1 Å². The fourth-order valence-electron chi connectivity index (χ4n) is 4.50. The molecule has 9 heteroatoms. The molecule has 0 spiro atoms. The second-order valence-electron chi connectivity index (χ2n) is 8.65. The van der Waals surface area contributed by atoms with Crippen molar-refractivity contribution in [3.8, 4) is 17.6 Å². The number of carbonyl (C=O) groups is 2. The second-order valence-corrected chi connectivity index (χ2v) is 9.01. The highest BCUT2D eigenvalue weighted by molar-refractivity contribution is 6.31. The number of hydrogen-bond donors (Lipinski definition) is 0. The lowest BCUT2D eigenvalue weighted by atomic mass is 10.0. The molecule has 0 radical (unpaired) electrons. The maximum Gasteiger partial charge on any atom is 0.275 e. The van der Waals surface area contributed by atoms with Crippen LogP contribution in [0.4, 0.5) is 5.69 Å². The number of likely N-dealkylation sites (N-methyl/N-ethyl adjacent to an activating group) is 1. The molecule has 3 aromatic rings. The minimum Gasteiger partial charge on any atom is -0.489 e. The summed E-state index contributed by atoms with van der Waals surface area (Å²) in [6.45, 7) is 1.16. The van der Waals surface area contributed by atoms with Crippen LogP contribution in [0.5, 0.6) is 5.75 Å². The fraction of sp³-hybridized carbons (Fsp3) is 0.296. The highest BCUT2D eigenvalue weighted by Crippen LogP contribution is 2.34. The summed E-state index contributed by atoms with van der Waals surface area (Å²) in [4.78, 5) is 30.0. The molecule has 0 fully saturated rings. The van der Waals surface area contributed by atoms with E-state index in [1.165, 1.54) is 4.90 Å². The zero-order valence-electron chi connectivity index (χ0n) is 20.0. The minimum absolute atomic E-state index is 0.0324. The van der Waals surface area contributed by atoms with Crippen LogP contribution >= 0.6 is 11.6 Å². The van der Waals surface area contributed by atoms with E-state index in [0.717, 1.165) is 11.1 Å². The van der Waals surface area contributed by atoms with Gasteiger partial charge in [-0.15, -0.1) is 0 Å². The van der Waals surface area contributed by atoms with E-state index in [2.05, 4.69) is 16.9 Å². The van der Waals surface area contributed by atoms with Crippen LogP contribution in [-0.4, -0.2) is 66.5 Å². The quantitative estimate of drug-likeness (QED) is 0.510. The highest BCUT2D eigenvalue weighted by Gasteiger charge is 2.40. The first-order valence-corrected chi connectivity index (χ1v) is 12.0. The van der Waals surface area contributed by atoms with Gasteiger partial charge < -0.3 is 19.3 Å². The Hall–Kier alpha value is -3.80. The van der Waals surface area contributed by atoms with Crippen LogP contribution in [0.3, 0.4) is 0 Å². The van der Waals surface area contributed by atoms with Gasteiger partial charge in [-0.1, -0.05) is 53.8 Å². The molecular formula is C27H25ClN4O4. The van der Waals surface area contributed by atoms with E-state index >= 15 is 0 Å². The summed E-state index contributed by atoms with van der Waals surface area (Å²) in [6.07, 6.45) is 0.508. The van der Waals surface area contributed by atoms with Gasteiger partial charge >= 0.3 is 0 Å². The van der Waals surface area contributed by atoms with Crippen LogP contribution in [0.25, 0.3) is 0 Å². The molecule has 0 aliphatic carbocycles. The maximum absolute atomic E-state index is 13.5. The van der Waals surface area contributed by atoms with E-state index in [0.29, 0.717) is 48.3 Å². The Morgan fingerprint density at radius 3 is 2.78 bits per heavy atom. The number of hydrogen-bond acceptors (Lipinski definition) is 5. The minimum atomic E-state index is -0.788. The molecule has 1 atom stereocenters. The molecule has 2 aliphatic rings. The summed E-state index contributed by atoms with van der Waals surface area (Å²) in [7, 11) is 3.27. The monoisotopic (exact) mass is 504 g/mol. The number of benzene rings is 2. The van der Waals surface area contributed by atoms with Gasteiger partial charge in [0.05, 0.1) is 12.2 Å². The number of amides is 2. The number of rotatable bonds is 4. The molecule has 0 saturated heterocycles. The third-order valence-electron chi connectivity index (χ3n) is 6.38. The molecule has 0 bridgehead atoms. The lowest BCUT2D eigenvalue weighted by Gasteiger charge is -2.33. The number of carbonyl (C=O) groups excluding carboxylic acids is 2. The van der Waals surface area contributed by atoms with Crippen molar-refractivity contribution < 1.29 is 19.1 Å². The van der Waals surface area contributed by atoms with Gasteiger partial charge in [0, 0.05) is 31.8 Å². The molecule has 2 amide bonds. The van der Waals surface area contributed by atoms with E-state index < -0.39 is 6.04 Å². The topological polar surface area (TPSA) is 76.9 Å². The van der Waals surface area contributed by atoms with Crippen LogP contribution in [0.15, 0.2) is 48.5 Å². The van der Waals surface area contributed by atoms with Crippen molar-refractivity contribution >= 4 is 29.1 Å². The van der Waals surface area contributed by atoms with Crippen LogP contribution in [0.1, 0.15) is 27.2 Å². The molecule has 0 saturated carbocycles. The number of fused-ring (bicyclic) bond motifs is 2. The van der Waals surface area contributed by atoms with E-state index in [1.54, 1.807) is 35.9 Å². The van der Waals surface area contributed by atoms with Crippen LogP contribution in [0, 0.1) is 11.8 Å². The zero-order chi connectivity index (χ0) is 25.2. The van der Waals surface area contributed by atoms with Crippen molar-refractivity contribution in [1.82, 2.24) is 14.7 Å². The number of anilines is 1. The first-order valence-electron chi connectivity index (χ1n) is 11.6. The lowest BCUT2D eigenvalue weighted by molar-refractivity contribution is -0.123. The maximum atomic E-state index is 13.5. The molecule has 0 N–H and O–H groups in total. The largest absolute Gasteiger partial charge is 0.489 e. The van der Waals surface area contributed by atoms with Gasteiger partial charge in [0.1, 0.15) is 30.2 Å². The summed E-state index contributed by atoms with van der Waals surface area (Å²) < 4.78 is 12.7. The molecule has 2 aromatic carbocycles. The Kier molecular flexibility index (Phi) is 6.68. The lowest BCUT2D eigenvalue weighted by Crippen LogP contribution is -2.54. The molecular weight excluding hydrogens is 480 g/mol. The molecule has 184 valence electrons. The molecule has 8 nitrogen and oxygen atoms in total. The Labute approximate surface area is 214 Å². The van der Waals surface area contributed by atoms with E-state index in [4.69, 9.17) is 21.1 Å². The molecule has 0 unspecified atom stereocenters. The van der Waals surface area contributed by atoms with E-state index in [9.17, 15) is 9.59 Å². The fourth-order valence-corrected chi connectivity index (χ4v) is 4.78. The van der Waals surface area contributed by atoms with Gasteiger partial charge in [0.2, 0.25) is 0 Å². The predicted octanol–water partition coefficient (Wildman–Crippen LogP) is 3.01. The molecule has 1 aromatic heterocycles. The van der Waals surface area contributed by atoms with Gasteiger partial charge in [-0.25, -0.2) is 4.68 Å². The highest BCUT2D eigenvalue weighted by atomic mass is 35.5. The second kappa shape index (κ2) is 10.1. The standard InChI is InChI=1S/C27H25ClN4O4/c1-30-21-11-10-18(9-6-14-35-2)15-23(21)36-17-22(26(30)33)31-13-12-20-24(27(31)34)29-32(25(20)28)16-19-7-4-3-5-8-19/h3-5,7-8,10-11,15,22H,12-14,16-17H2,1-2H3/t22-/m1/s1. The molecule has 36 heavy (non-hydrogen) atoms. The Morgan fingerprint density at radius 2 is 2.00 bits per heavy atom. The molecule has 3 heterocycles. The number of aromatic nitrogens is 2. The van der Waals surface area contributed by atoms with Gasteiger partial charge in [-0.3, -0.25) is 9.59 Å². The van der Waals surface area contributed by atoms with E-state index in [1.807, 2.05) is 36.4 Å². The van der Waals surface area contributed by atoms with Gasteiger partial charge in [0.15, 0.2) is 5.69 Å². The SMILES string of the molecule is COCC#Cc1ccc2c(c1)OC[C@@H](N1CCc3c(nn(Cc4ccccc4)c3Cl)C1=O)C(=O)N2C. The van der Waals surface area contributed by atoms with Crippen molar-refractivity contribution in [3.05, 3.63) is 76.1 Å². The van der Waals surface area contributed by atoms with Crippen molar-refractivity contribution in [3.63, 3.8) is 0 Å². The summed E-state index contributed by atoms with van der Waals surface area (Å²) in [5.41, 5.74) is 3.41. The van der Waals surface area contributed by atoms with Crippen molar-refractivity contribution in [2.75, 3.05) is 38.8 Å². The normalized spacial score (nSPS) is 17.0. The van der Waals surface area contributed by atoms with Crippen molar-refractivity contribution in [2.24, 2.45) is 0 Å². The van der Waals surface area contributed by atoms with Crippen molar-refractivity contribution in [2.45, 2.75) is 19.0 Å². The van der Waals surface area contributed by atoms with Crippen LogP contribution in [-0.2, 0) is 22.5 Å². The van der Waals surface area contributed by atoms with Gasteiger partial charge in [-0.2, -0.15) is 5.10 Å². The van der Waals surface area contributed by atoms with Crippen molar-refractivity contribution in [1.29, 1.82) is 0 Å². The molecule has 5 rings (SSSR count). The summed E-state index contributed by atoms with van der Waals surface area (Å²) >= 11 is 6.60. The third kappa shape index (κ3) is 4.43. The first kappa shape index (κ1) is 23.9. The Balaban J connectivity index is 1.38. The summed E-state index contributed by atoms with van der Waals surface area (Å²) in [5, 5.41) is 4.98. The number of methoxy groups -OCH3 is 1. The average molecular weight is 505 g/mol. The third-order valence-corrected chi connectivity index (χ3v) is 6.81. The average Bonchev–Trinajstić information content (AvgIpc) is 3.15. The van der Waals surface area contributed by atoms with Crippen LogP contribution < -0.4 is 9.64 Å². The zero-order valence-corrected chi connectivity index (χ0v) is 20.8. The van der Waals surface area contributed by atoms with Gasteiger partial charge in [0.25, 0.3) is 11.8 Å². The smallest absolute Gasteiger partial charge is 0.275 e. The number of nitrogens with zero attached hydrogens (tertiary/aromatic N) is 4. The Bertz CT molecular complexity index is 1380. The Morgan fingerprint density at radius 1 is 1.19 bits per heavy atom.